The van der Waals surface area contributed by atoms with Crippen LogP contribution in [0.25, 0.3) is 0 Å². The van der Waals surface area contributed by atoms with Gasteiger partial charge in [-0.15, -0.1) is 0 Å². The molecule has 1 N–H and O–H groups in total. The molecule has 1 heterocycles. The molecule has 1 saturated heterocycles. The van der Waals surface area contributed by atoms with Crippen molar-refractivity contribution in [2.24, 2.45) is 0 Å². The van der Waals surface area contributed by atoms with Crippen molar-refractivity contribution in [3.63, 3.8) is 0 Å². The third-order valence-corrected chi connectivity index (χ3v) is 2.79. The predicted molar refractivity (Wildman–Crippen MR) is 51.9 cm³/mol. The van der Waals surface area contributed by atoms with E-state index in [9.17, 15) is 13.2 Å². The Bertz CT molecular complexity index is 372. The highest BCUT2D eigenvalue weighted by Gasteiger charge is 2.26. The molecule has 0 aromatic rings. The minimum Gasteiger partial charge on any atom is -0.456 e. The molecule has 0 saturated carbocycles. The lowest BCUT2D eigenvalue weighted by atomic mass is 10.2. The van der Waals surface area contributed by atoms with Crippen LogP contribution in [0.1, 0.15) is 20.3 Å². The van der Waals surface area contributed by atoms with E-state index in [2.05, 4.69) is 8.91 Å². The number of rotatable bonds is 1. The van der Waals surface area contributed by atoms with Crippen LogP contribution in [0.5, 0.6) is 0 Å². The van der Waals surface area contributed by atoms with Crippen LogP contribution in [0.15, 0.2) is 11.8 Å². The quantitative estimate of drug-likeness (QED) is 0.651. The molecule has 0 bridgehead atoms. The van der Waals surface area contributed by atoms with Crippen LogP contribution in [0.4, 0.5) is 0 Å². The molecule has 0 radical (unpaired) electrons. The highest BCUT2D eigenvalue weighted by atomic mass is 32.2. The molecule has 0 aliphatic carbocycles. The summed E-state index contributed by atoms with van der Waals surface area (Å²) >= 11 is 0. The fraction of sp³-hybridized carbons (Fsp3) is 0.625. The van der Waals surface area contributed by atoms with Crippen molar-refractivity contribution < 1.29 is 22.1 Å². The van der Waals surface area contributed by atoms with Crippen LogP contribution in [-0.4, -0.2) is 27.1 Å². The first kappa shape index (κ1) is 12.0. The van der Waals surface area contributed by atoms with Gasteiger partial charge in [-0.3, -0.25) is 13.7 Å². The molecule has 15 heavy (non-hydrogen) atoms. The Morgan fingerprint density at radius 3 is 2.87 bits per heavy atom. The number of carbonyl (C=O) groups excluding carboxylic acids is 1. The molecule has 1 aliphatic heterocycles. The van der Waals surface area contributed by atoms with E-state index in [1.54, 1.807) is 13.0 Å². The van der Waals surface area contributed by atoms with E-state index in [1.165, 1.54) is 6.92 Å². The number of carbonyl (C=O) groups is 1. The highest BCUT2D eigenvalue weighted by Crippen LogP contribution is 2.15. The second-order valence-corrected chi connectivity index (χ2v) is 4.36. The van der Waals surface area contributed by atoms with Crippen molar-refractivity contribution in [1.82, 2.24) is 4.72 Å². The van der Waals surface area contributed by atoms with Gasteiger partial charge in [0.25, 0.3) is 0 Å². The number of allylic oxidation sites excluding steroid dienone is 1. The molecule has 0 aromatic heterocycles. The summed E-state index contributed by atoms with van der Waals surface area (Å²) < 4.78 is 34.0. The third kappa shape index (κ3) is 3.52. The average Bonchev–Trinajstić information content (AvgIpc) is 2.24. The molecule has 1 atom stereocenters. The fourth-order valence-corrected chi connectivity index (χ4v) is 2.14. The minimum atomic E-state index is -3.76. The Morgan fingerprint density at radius 1 is 1.67 bits per heavy atom. The number of esters is 1. The second-order valence-electron chi connectivity index (χ2n) is 3.01. The number of hydrogen-bond acceptors (Lipinski definition) is 5. The van der Waals surface area contributed by atoms with Crippen molar-refractivity contribution in [2.75, 3.05) is 6.61 Å². The van der Waals surface area contributed by atoms with E-state index < -0.39 is 22.4 Å². The van der Waals surface area contributed by atoms with Gasteiger partial charge in [-0.25, -0.2) is 0 Å². The zero-order chi connectivity index (χ0) is 11.5. The van der Waals surface area contributed by atoms with Gasteiger partial charge in [0.15, 0.2) is 0 Å². The maximum absolute atomic E-state index is 11.2. The van der Waals surface area contributed by atoms with Gasteiger partial charge in [-0.05, 0) is 6.92 Å². The molecule has 1 fully saturated rings. The smallest absolute Gasteiger partial charge is 0.359 e. The molecule has 1 rings (SSSR count). The van der Waals surface area contributed by atoms with Crippen LogP contribution in [-0.2, 0) is 24.0 Å². The van der Waals surface area contributed by atoms with Gasteiger partial charge in [0, 0.05) is 13.3 Å². The predicted octanol–water partition coefficient (Wildman–Crippen LogP) is 0.0766. The summed E-state index contributed by atoms with van der Waals surface area (Å²) in [6.07, 6.45) is 1.26. The molecule has 7 heteroatoms. The van der Waals surface area contributed by atoms with Crippen LogP contribution < -0.4 is 4.72 Å². The maximum atomic E-state index is 11.2. The summed E-state index contributed by atoms with van der Waals surface area (Å²) in [6, 6.07) is 0. The maximum Gasteiger partial charge on any atom is 0.359 e. The Labute approximate surface area is 88.5 Å². The van der Waals surface area contributed by atoms with Crippen molar-refractivity contribution >= 4 is 16.3 Å². The van der Waals surface area contributed by atoms with E-state index in [-0.39, 0.29) is 6.61 Å². The van der Waals surface area contributed by atoms with E-state index in [0.717, 1.165) is 0 Å². The molecule has 1 aliphatic rings. The third-order valence-electron chi connectivity index (χ3n) is 1.83. The number of nitrogens with one attached hydrogen (secondary N) is 1. The van der Waals surface area contributed by atoms with Gasteiger partial charge in [0.2, 0.25) is 0 Å². The van der Waals surface area contributed by atoms with Gasteiger partial charge in [0.05, 0.1) is 12.3 Å². The molecule has 0 spiro atoms. The Kier molecular flexibility index (Phi) is 3.70. The Hall–Kier alpha value is -1.08. The van der Waals surface area contributed by atoms with Crippen molar-refractivity contribution in [3.8, 4) is 0 Å². The van der Waals surface area contributed by atoms with Gasteiger partial charge in [-0.2, -0.15) is 8.42 Å². The lowest BCUT2D eigenvalue weighted by molar-refractivity contribution is -0.145. The highest BCUT2D eigenvalue weighted by molar-refractivity contribution is 7.84. The molecule has 6 nitrogen and oxygen atoms in total. The van der Waals surface area contributed by atoms with Gasteiger partial charge in [0.1, 0.15) is 6.10 Å². The van der Waals surface area contributed by atoms with Crippen molar-refractivity contribution in [1.29, 1.82) is 0 Å². The summed E-state index contributed by atoms with van der Waals surface area (Å²) in [4.78, 5) is 10.8. The SMILES string of the molecule is C/C=C1/NS(=O)(=O)OCCC1OC(C)=O. The van der Waals surface area contributed by atoms with Gasteiger partial charge < -0.3 is 4.74 Å². The van der Waals surface area contributed by atoms with E-state index in [4.69, 9.17) is 4.74 Å². The topological polar surface area (TPSA) is 81.7 Å². The molecule has 0 aromatic carbocycles. The summed E-state index contributed by atoms with van der Waals surface area (Å²) in [7, 11) is -3.76. The zero-order valence-corrected chi connectivity index (χ0v) is 9.33. The lowest BCUT2D eigenvalue weighted by Crippen LogP contribution is -2.29. The van der Waals surface area contributed by atoms with Crippen LogP contribution in [0.3, 0.4) is 0 Å². The summed E-state index contributed by atoms with van der Waals surface area (Å²) in [5.41, 5.74) is 0.322. The summed E-state index contributed by atoms with van der Waals surface area (Å²) in [6.45, 7) is 2.91. The number of hydrogen-bond donors (Lipinski definition) is 1. The Balaban J connectivity index is 2.85. The first-order valence-corrected chi connectivity index (χ1v) is 5.86. The first-order valence-electron chi connectivity index (χ1n) is 4.45. The van der Waals surface area contributed by atoms with E-state index in [1.807, 2.05) is 0 Å². The van der Waals surface area contributed by atoms with Crippen molar-refractivity contribution in [3.05, 3.63) is 11.8 Å². The normalized spacial score (nSPS) is 27.9. The largest absolute Gasteiger partial charge is 0.456 e. The second kappa shape index (κ2) is 4.63. The first-order chi connectivity index (χ1) is 6.94. The molecule has 0 amide bonds. The molecular formula is C8H13NO5S. The lowest BCUT2D eigenvalue weighted by Gasteiger charge is -2.16. The molecule has 1 unspecified atom stereocenters. The molecule has 86 valence electrons. The Morgan fingerprint density at radius 2 is 2.33 bits per heavy atom. The summed E-state index contributed by atoms with van der Waals surface area (Å²) in [5.74, 6) is -0.458. The van der Waals surface area contributed by atoms with Crippen LogP contribution >= 0.6 is 0 Å². The van der Waals surface area contributed by atoms with E-state index >= 15 is 0 Å². The zero-order valence-electron chi connectivity index (χ0n) is 8.52. The van der Waals surface area contributed by atoms with Gasteiger partial charge >= 0.3 is 16.3 Å². The van der Waals surface area contributed by atoms with Crippen LogP contribution in [0, 0.1) is 0 Å². The number of ether oxygens (including phenoxy) is 1. The fourth-order valence-electron chi connectivity index (χ4n) is 1.23. The standard InChI is InChI=1S/C8H13NO5S/c1-3-7-8(14-6(2)10)4-5-13-15(11,12)9-7/h3,8-9H,4-5H2,1-2H3/b7-3+. The van der Waals surface area contributed by atoms with Crippen LogP contribution in [0.2, 0.25) is 0 Å². The average molecular weight is 235 g/mol. The van der Waals surface area contributed by atoms with Gasteiger partial charge in [-0.1, -0.05) is 6.08 Å². The molecular weight excluding hydrogens is 222 g/mol. The van der Waals surface area contributed by atoms with E-state index in [0.29, 0.717) is 12.1 Å². The monoisotopic (exact) mass is 235 g/mol. The minimum absolute atomic E-state index is 0.00931. The van der Waals surface area contributed by atoms with Crippen molar-refractivity contribution in [2.45, 2.75) is 26.4 Å². The summed E-state index contributed by atoms with van der Waals surface area (Å²) in [5, 5.41) is 0.